The zero-order valence-corrected chi connectivity index (χ0v) is 10.3. The minimum absolute atomic E-state index is 0.239. The smallest absolute Gasteiger partial charge is 0.306 e. The van der Waals surface area contributed by atoms with Gasteiger partial charge in [0.1, 0.15) is 0 Å². The van der Waals surface area contributed by atoms with Crippen LogP contribution in [0.3, 0.4) is 0 Å². The number of carbonyl (C=O) groups is 2. The first-order valence-corrected chi connectivity index (χ1v) is 5.72. The molecule has 0 aromatic heterocycles. The lowest BCUT2D eigenvalue weighted by Gasteiger charge is -2.40. The summed E-state index contributed by atoms with van der Waals surface area (Å²) in [6.07, 6.45) is 4.07. The van der Waals surface area contributed by atoms with Crippen LogP contribution in [0.4, 0.5) is 9.59 Å². The lowest BCUT2D eigenvalue weighted by molar-refractivity contribution is 0.0861. The molecule has 0 N–H and O–H groups in total. The predicted octanol–water partition coefficient (Wildman–Crippen LogP) is 1.89. The molecule has 0 saturated carbocycles. The third-order valence-electron chi connectivity index (χ3n) is 2.50. The summed E-state index contributed by atoms with van der Waals surface area (Å²) >= 11 is 0. The Balaban J connectivity index is 2.85. The number of hydrogen-bond donors (Lipinski definition) is 0. The van der Waals surface area contributed by atoms with Crippen molar-refractivity contribution in [2.24, 2.45) is 0 Å². The molecule has 0 aromatic carbocycles. The molecule has 1 fully saturated rings. The van der Waals surface area contributed by atoms with Crippen LogP contribution >= 0.6 is 0 Å². The summed E-state index contributed by atoms with van der Waals surface area (Å²) in [5.41, 5.74) is 0. The minimum atomic E-state index is -0.276. The average Bonchev–Trinajstić information content (AvgIpc) is 2.31. The summed E-state index contributed by atoms with van der Waals surface area (Å²) in [6.45, 7) is 10.8. The molecule has 0 aromatic rings. The number of urea groups is 2. The van der Waals surface area contributed by atoms with E-state index in [-0.39, 0.29) is 18.6 Å². The van der Waals surface area contributed by atoms with E-state index in [2.05, 4.69) is 13.2 Å². The quantitative estimate of drug-likeness (QED) is 0.662. The number of rotatable bonds is 6. The Kier molecular flexibility index (Phi) is 4.75. The van der Waals surface area contributed by atoms with Gasteiger partial charge in [0.2, 0.25) is 0 Å². The maximum atomic E-state index is 12.0. The molecule has 0 aliphatic carbocycles. The van der Waals surface area contributed by atoms with Crippen molar-refractivity contribution in [2.45, 2.75) is 13.3 Å². The molecule has 1 rings (SSSR count). The molecule has 94 valence electrons. The zero-order valence-electron chi connectivity index (χ0n) is 10.3. The van der Waals surface area contributed by atoms with Gasteiger partial charge in [-0.05, 0) is 6.42 Å². The van der Waals surface area contributed by atoms with Crippen molar-refractivity contribution in [2.75, 3.05) is 26.3 Å². The third kappa shape index (κ3) is 2.87. The standard InChI is InChI=1S/C12H19N3O2/c1-4-7-13-10-14(8-5-2)12(17)15(9-6-3)11(13)16/h4,6H,1,3,5,7-10H2,2H3. The van der Waals surface area contributed by atoms with Crippen LogP contribution in [0.1, 0.15) is 13.3 Å². The van der Waals surface area contributed by atoms with Gasteiger partial charge < -0.3 is 9.80 Å². The Hall–Kier alpha value is -1.78. The fraction of sp³-hybridized carbons (Fsp3) is 0.500. The first-order chi connectivity index (χ1) is 8.15. The predicted molar refractivity (Wildman–Crippen MR) is 66.5 cm³/mol. The van der Waals surface area contributed by atoms with Crippen molar-refractivity contribution < 1.29 is 9.59 Å². The Bertz CT molecular complexity index is 328. The zero-order chi connectivity index (χ0) is 12.8. The molecule has 1 heterocycles. The molecule has 17 heavy (non-hydrogen) atoms. The van der Waals surface area contributed by atoms with Crippen molar-refractivity contribution in [3.63, 3.8) is 0 Å². The Morgan fingerprint density at radius 2 is 1.71 bits per heavy atom. The average molecular weight is 237 g/mol. The van der Waals surface area contributed by atoms with E-state index < -0.39 is 0 Å². The molecule has 1 saturated heterocycles. The van der Waals surface area contributed by atoms with Crippen LogP contribution in [-0.2, 0) is 0 Å². The van der Waals surface area contributed by atoms with Gasteiger partial charge in [0, 0.05) is 13.1 Å². The number of imide groups is 1. The van der Waals surface area contributed by atoms with E-state index in [4.69, 9.17) is 0 Å². The largest absolute Gasteiger partial charge is 0.330 e. The summed E-state index contributed by atoms with van der Waals surface area (Å²) in [5.74, 6) is 0. The molecule has 4 amide bonds. The number of carbonyl (C=O) groups excluding carboxylic acids is 2. The van der Waals surface area contributed by atoms with Gasteiger partial charge in [0.25, 0.3) is 0 Å². The van der Waals surface area contributed by atoms with Gasteiger partial charge >= 0.3 is 12.1 Å². The van der Waals surface area contributed by atoms with Crippen LogP contribution in [0.25, 0.3) is 0 Å². The van der Waals surface area contributed by atoms with E-state index in [0.29, 0.717) is 19.8 Å². The van der Waals surface area contributed by atoms with Crippen molar-refractivity contribution >= 4 is 12.1 Å². The lowest BCUT2D eigenvalue weighted by atomic mass is 10.3. The van der Waals surface area contributed by atoms with E-state index in [1.165, 1.54) is 4.90 Å². The Labute approximate surface area is 102 Å². The second-order valence-electron chi connectivity index (χ2n) is 3.88. The summed E-state index contributed by atoms with van der Waals surface area (Å²) in [6, 6.07) is -0.515. The minimum Gasteiger partial charge on any atom is -0.306 e. The molecule has 1 aliphatic heterocycles. The number of nitrogens with zero attached hydrogens (tertiary/aromatic N) is 3. The summed E-state index contributed by atoms with van der Waals surface area (Å²) in [4.78, 5) is 28.4. The highest BCUT2D eigenvalue weighted by molar-refractivity contribution is 5.95. The molecule has 5 nitrogen and oxygen atoms in total. The van der Waals surface area contributed by atoms with Crippen LogP contribution in [0, 0.1) is 0 Å². The first kappa shape index (κ1) is 13.3. The molecule has 0 spiro atoms. The highest BCUT2D eigenvalue weighted by Gasteiger charge is 2.35. The fourth-order valence-corrected chi connectivity index (χ4v) is 1.76. The van der Waals surface area contributed by atoms with Crippen LogP contribution in [0.15, 0.2) is 25.3 Å². The Morgan fingerprint density at radius 3 is 2.24 bits per heavy atom. The summed E-state index contributed by atoms with van der Waals surface area (Å²) in [5, 5.41) is 0. The molecule has 0 radical (unpaired) electrons. The van der Waals surface area contributed by atoms with Gasteiger partial charge in [-0.2, -0.15) is 0 Å². The maximum absolute atomic E-state index is 12.0. The number of amides is 4. The van der Waals surface area contributed by atoms with E-state index in [1.54, 1.807) is 22.0 Å². The molecule has 1 aliphatic rings. The highest BCUT2D eigenvalue weighted by Crippen LogP contribution is 2.13. The van der Waals surface area contributed by atoms with Gasteiger partial charge in [-0.25, -0.2) is 14.5 Å². The van der Waals surface area contributed by atoms with E-state index >= 15 is 0 Å². The van der Waals surface area contributed by atoms with Crippen molar-refractivity contribution in [1.29, 1.82) is 0 Å². The summed E-state index contributed by atoms with van der Waals surface area (Å²) < 4.78 is 0. The summed E-state index contributed by atoms with van der Waals surface area (Å²) in [7, 11) is 0. The first-order valence-electron chi connectivity index (χ1n) is 5.72. The lowest BCUT2D eigenvalue weighted by Crippen LogP contribution is -2.60. The van der Waals surface area contributed by atoms with E-state index in [1.807, 2.05) is 6.92 Å². The second kappa shape index (κ2) is 6.08. The molecular weight excluding hydrogens is 218 g/mol. The van der Waals surface area contributed by atoms with E-state index in [0.717, 1.165) is 6.42 Å². The Morgan fingerprint density at radius 1 is 1.12 bits per heavy atom. The third-order valence-corrected chi connectivity index (χ3v) is 2.50. The van der Waals surface area contributed by atoms with Crippen LogP contribution < -0.4 is 0 Å². The molecule has 0 unspecified atom stereocenters. The van der Waals surface area contributed by atoms with Gasteiger partial charge in [-0.15, -0.1) is 13.2 Å². The maximum Gasteiger partial charge on any atom is 0.330 e. The normalized spacial score (nSPS) is 16.4. The van der Waals surface area contributed by atoms with Gasteiger partial charge in [-0.1, -0.05) is 19.1 Å². The highest BCUT2D eigenvalue weighted by atomic mass is 16.2. The second-order valence-corrected chi connectivity index (χ2v) is 3.88. The topological polar surface area (TPSA) is 43.9 Å². The number of hydrogen-bond acceptors (Lipinski definition) is 2. The van der Waals surface area contributed by atoms with Gasteiger partial charge in [-0.3, -0.25) is 0 Å². The molecule has 0 bridgehead atoms. The van der Waals surface area contributed by atoms with Crippen LogP contribution in [-0.4, -0.2) is 53.1 Å². The van der Waals surface area contributed by atoms with Crippen LogP contribution in [0.5, 0.6) is 0 Å². The SMILES string of the molecule is C=CCN1CN(CCC)C(=O)N(CC=C)C1=O. The van der Waals surface area contributed by atoms with E-state index in [9.17, 15) is 9.59 Å². The molecular formula is C12H19N3O2. The fourth-order valence-electron chi connectivity index (χ4n) is 1.76. The van der Waals surface area contributed by atoms with Gasteiger partial charge in [0.15, 0.2) is 0 Å². The monoisotopic (exact) mass is 237 g/mol. The van der Waals surface area contributed by atoms with Crippen molar-refractivity contribution in [3.8, 4) is 0 Å². The van der Waals surface area contributed by atoms with Gasteiger partial charge in [0.05, 0.1) is 13.2 Å². The molecule has 0 atom stereocenters. The van der Waals surface area contributed by atoms with Crippen molar-refractivity contribution in [3.05, 3.63) is 25.3 Å². The molecule has 5 heteroatoms. The van der Waals surface area contributed by atoms with Crippen LogP contribution in [0.2, 0.25) is 0 Å². The van der Waals surface area contributed by atoms with Crippen molar-refractivity contribution in [1.82, 2.24) is 14.7 Å².